The summed E-state index contributed by atoms with van der Waals surface area (Å²) in [6, 6.07) is 3.54. The minimum Gasteiger partial charge on any atom is -0.451 e. The van der Waals surface area contributed by atoms with Gasteiger partial charge in [0.05, 0.1) is 11.3 Å². The van der Waals surface area contributed by atoms with Gasteiger partial charge in [0.25, 0.3) is 0 Å². The number of aryl methyl sites for hydroxylation is 1. The molecule has 0 fully saturated rings. The summed E-state index contributed by atoms with van der Waals surface area (Å²) in [5, 5.41) is 0. The van der Waals surface area contributed by atoms with Crippen LogP contribution in [0.5, 0.6) is 0 Å². The fourth-order valence-electron chi connectivity index (χ4n) is 2.66. The highest BCUT2D eigenvalue weighted by Gasteiger charge is 2.26. The van der Waals surface area contributed by atoms with Crippen molar-refractivity contribution < 1.29 is 23.5 Å². The van der Waals surface area contributed by atoms with E-state index < -0.39 is 23.7 Å². The van der Waals surface area contributed by atoms with E-state index in [2.05, 4.69) is 20.9 Å². The third-order valence-electron chi connectivity index (χ3n) is 3.84. The lowest BCUT2D eigenvalue weighted by Gasteiger charge is -2.13. The zero-order valence-corrected chi connectivity index (χ0v) is 15.8. The van der Waals surface area contributed by atoms with Crippen LogP contribution in [0.3, 0.4) is 0 Å². The highest BCUT2D eigenvalue weighted by atomic mass is 79.9. The van der Waals surface area contributed by atoms with Crippen molar-refractivity contribution in [3.63, 3.8) is 0 Å². The Kier molecular flexibility index (Phi) is 5.57. The molecule has 7 heteroatoms. The second-order valence-electron chi connectivity index (χ2n) is 5.72. The molecule has 0 aliphatic rings. The standard InChI is InChI=1S/C18H17BrFNO4/c1-8-15(10(3)22)9(2)21-16(8)17(23)11(4)25-18(24)13-6-5-12(20)7-14(13)19/h5-7,11,21H,1-4H3/t11-/m0/s1. The Balaban J connectivity index is 2.22. The van der Waals surface area contributed by atoms with Crippen LogP contribution in [0.2, 0.25) is 0 Å². The summed E-state index contributed by atoms with van der Waals surface area (Å²) in [7, 11) is 0. The molecule has 5 nitrogen and oxygen atoms in total. The molecule has 0 unspecified atom stereocenters. The molecule has 1 aromatic heterocycles. The Morgan fingerprint density at radius 3 is 2.40 bits per heavy atom. The Labute approximate surface area is 152 Å². The number of carbonyl (C=O) groups is 3. The second-order valence-corrected chi connectivity index (χ2v) is 6.57. The van der Waals surface area contributed by atoms with Gasteiger partial charge in [0.15, 0.2) is 11.9 Å². The van der Waals surface area contributed by atoms with Crippen LogP contribution < -0.4 is 0 Å². The number of H-pyrrole nitrogens is 1. The molecule has 0 amide bonds. The molecule has 1 aromatic carbocycles. The third-order valence-corrected chi connectivity index (χ3v) is 4.50. The molecule has 1 N–H and O–H groups in total. The van der Waals surface area contributed by atoms with Gasteiger partial charge in [-0.05, 0) is 67.4 Å². The Hall–Kier alpha value is -2.28. The third kappa shape index (κ3) is 3.87. The predicted molar refractivity (Wildman–Crippen MR) is 93.6 cm³/mol. The average Bonchev–Trinajstić information content (AvgIpc) is 2.80. The first kappa shape index (κ1) is 19.1. The lowest BCUT2D eigenvalue weighted by molar-refractivity contribution is 0.0316. The number of ketones is 2. The van der Waals surface area contributed by atoms with Crippen molar-refractivity contribution in [3.05, 3.63) is 56.6 Å². The Morgan fingerprint density at radius 1 is 1.24 bits per heavy atom. The number of rotatable bonds is 5. The van der Waals surface area contributed by atoms with Gasteiger partial charge in [0.2, 0.25) is 5.78 Å². The predicted octanol–water partition coefficient (Wildman–Crippen LogP) is 4.16. The number of ether oxygens (including phenoxy) is 1. The van der Waals surface area contributed by atoms with Crippen LogP contribution in [-0.4, -0.2) is 28.6 Å². The molecule has 1 atom stereocenters. The van der Waals surface area contributed by atoms with Crippen LogP contribution in [-0.2, 0) is 4.74 Å². The first-order valence-electron chi connectivity index (χ1n) is 7.53. The number of Topliss-reactive ketones (excluding diaryl/α,β-unsaturated/α-hetero) is 2. The number of halogens is 2. The quantitative estimate of drug-likeness (QED) is 0.593. The van der Waals surface area contributed by atoms with Crippen molar-refractivity contribution in [3.8, 4) is 0 Å². The van der Waals surface area contributed by atoms with Gasteiger partial charge >= 0.3 is 5.97 Å². The zero-order valence-electron chi connectivity index (χ0n) is 14.2. The number of benzene rings is 1. The number of nitrogens with one attached hydrogen (secondary N) is 1. The molecule has 132 valence electrons. The minimum atomic E-state index is -1.07. The molecule has 0 spiro atoms. The smallest absolute Gasteiger partial charge is 0.340 e. The van der Waals surface area contributed by atoms with Crippen LogP contribution in [0.25, 0.3) is 0 Å². The van der Waals surface area contributed by atoms with Crippen molar-refractivity contribution in [2.24, 2.45) is 0 Å². The molecule has 25 heavy (non-hydrogen) atoms. The van der Waals surface area contributed by atoms with E-state index in [1.807, 2.05) is 0 Å². The Morgan fingerprint density at radius 2 is 1.88 bits per heavy atom. The van der Waals surface area contributed by atoms with E-state index in [1.165, 1.54) is 19.9 Å². The van der Waals surface area contributed by atoms with Gasteiger partial charge in [-0.25, -0.2) is 9.18 Å². The second kappa shape index (κ2) is 7.31. The Bertz CT molecular complexity index is 872. The van der Waals surface area contributed by atoms with Gasteiger partial charge in [0.1, 0.15) is 5.82 Å². The summed E-state index contributed by atoms with van der Waals surface area (Å²) in [6.07, 6.45) is -1.07. The molecule has 2 rings (SSSR count). The van der Waals surface area contributed by atoms with Crippen LogP contribution in [0, 0.1) is 19.7 Å². The van der Waals surface area contributed by atoms with Gasteiger partial charge < -0.3 is 9.72 Å². The van der Waals surface area contributed by atoms with Gasteiger partial charge in [0, 0.05) is 15.7 Å². The van der Waals surface area contributed by atoms with Crippen molar-refractivity contribution in [1.29, 1.82) is 0 Å². The monoisotopic (exact) mass is 409 g/mol. The number of hydrogen-bond acceptors (Lipinski definition) is 4. The molecular formula is C18H17BrFNO4. The van der Waals surface area contributed by atoms with E-state index in [9.17, 15) is 18.8 Å². The first-order valence-corrected chi connectivity index (χ1v) is 8.33. The van der Waals surface area contributed by atoms with E-state index in [4.69, 9.17) is 4.74 Å². The maximum Gasteiger partial charge on any atom is 0.340 e. The molecular weight excluding hydrogens is 393 g/mol. The maximum absolute atomic E-state index is 13.1. The van der Waals surface area contributed by atoms with E-state index in [0.29, 0.717) is 16.8 Å². The maximum atomic E-state index is 13.1. The highest BCUT2D eigenvalue weighted by Crippen LogP contribution is 2.22. The molecule has 0 aliphatic heterocycles. The molecule has 2 aromatic rings. The first-order chi connectivity index (χ1) is 11.6. The number of carbonyl (C=O) groups excluding carboxylic acids is 3. The van der Waals surface area contributed by atoms with Gasteiger partial charge in [-0.1, -0.05) is 0 Å². The lowest BCUT2D eigenvalue weighted by atomic mass is 10.0. The largest absolute Gasteiger partial charge is 0.451 e. The average molecular weight is 410 g/mol. The summed E-state index contributed by atoms with van der Waals surface area (Å²) in [5.74, 6) is -1.84. The molecule has 0 aliphatic carbocycles. The van der Waals surface area contributed by atoms with Crippen LogP contribution in [0.15, 0.2) is 22.7 Å². The summed E-state index contributed by atoms with van der Waals surface area (Å²) in [5.41, 5.74) is 1.93. The molecule has 0 bridgehead atoms. The fraction of sp³-hybridized carbons (Fsp3) is 0.278. The van der Waals surface area contributed by atoms with Crippen LogP contribution in [0.1, 0.15) is 56.3 Å². The van der Waals surface area contributed by atoms with E-state index >= 15 is 0 Å². The topological polar surface area (TPSA) is 76.2 Å². The lowest BCUT2D eigenvalue weighted by Crippen LogP contribution is -2.25. The van der Waals surface area contributed by atoms with Gasteiger partial charge in [-0.2, -0.15) is 0 Å². The summed E-state index contributed by atoms with van der Waals surface area (Å²) in [4.78, 5) is 39.3. The van der Waals surface area contributed by atoms with Crippen LogP contribution in [0.4, 0.5) is 4.39 Å². The minimum absolute atomic E-state index is 0.116. The van der Waals surface area contributed by atoms with Crippen molar-refractivity contribution in [2.45, 2.75) is 33.8 Å². The number of esters is 1. The molecule has 0 saturated heterocycles. The molecule has 1 heterocycles. The molecule has 0 radical (unpaired) electrons. The van der Waals surface area contributed by atoms with Crippen LogP contribution >= 0.6 is 15.9 Å². The number of hydrogen-bond donors (Lipinski definition) is 1. The molecule has 0 saturated carbocycles. The number of aromatic nitrogens is 1. The van der Waals surface area contributed by atoms with Gasteiger partial charge in [-0.15, -0.1) is 0 Å². The highest BCUT2D eigenvalue weighted by molar-refractivity contribution is 9.10. The van der Waals surface area contributed by atoms with Gasteiger partial charge in [-0.3, -0.25) is 9.59 Å². The fourth-order valence-corrected chi connectivity index (χ4v) is 3.17. The summed E-state index contributed by atoms with van der Waals surface area (Å²) < 4.78 is 18.5. The van der Waals surface area contributed by atoms with E-state index in [0.717, 1.165) is 12.1 Å². The van der Waals surface area contributed by atoms with Crippen molar-refractivity contribution >= 4 is 33.5 Å². The SMILES string of the molecule is CC(=O)c1c(C)[nH]c(C(=O)[C@H](C)OC(=O)c2ccc(F)cc2Br)c1C. The van der Waals surface area contributed by atoms with E-state index in [-0.39, 0.29) is 21.5 Å². The zero-order chi connectivity index (χ0) is 18.9. The normalized spacial score (nSPS) is 11.9. The van der Waals surface area contributed by atoms with E-state index in [1.54, 1.807) is 13.8 Å². The summed E-state index contributed by atoms with van der Waals surface area (Å²) >= 11 is 3.09. The summed E-state index contributed by atoms with van der Waals surface area (Å²) in [6.45, 7) is 6.24. The van der Waals surface area contributed by atoms with Crippen molar-refractivity contribution in [2.75, 3.05) is 0 Å². The number of aromatic amines is 1. The van der Waals surface area contributed by atoms with Crippen molar-refractivity contribution in [1.82, 2.24) is 4.98 Å².